The number of carbonyl (C=O) groups excluding carboxylic acids is 2. The van der Waals surface area contributed by atoms with E-state index in [2.05, 4.69) is 10.6 Å². The highest BCUT2D eigenvalue weighted by molar-refractivity contribution is 6.02. The average molecular weight is 347 g/mol. The van der Waals surface area contributed by atoms with Crippen LogP contribution >= 0.6 is 0 Å². The molecule has 1 atom stereocenters. The van der Waals surface area contributed by atoms with Crippen molar-refractivity contribution in [1.29, 1.82) is 0 Å². The Morgan fingerprint density at radius 1 is 1.44 bits per heavy atom. The molecule has 0 aliphatic carbocycles. The quantitative estimate of drug-likeness (QED) is 0.881. The molecule has 0 unspecified atom stereocenters. The van der Waals surface area contributed by atoms with E-state index >= 15 is 0 Å². The van der Waals surface area contributed by atoms with Crippen molar-refractivity contribution in [2.24, 2.45) is 0 Å². The predicted octanol–water partition coefficient (Wildman–Crippen LogP) is 2.83. The molecule has 0 aromatic heterocycles. The third-order valence-corrected chi connectivity index (χ3v) is 4.24. The third kappa shape index (κ3) is 4.22. The van der Waals surface area contributed by atoms with E-state index in [9.17, 15) is 9.59 Å². The van der Waals surface area contributed by atoms with E-state index in [1.165, 1.54) is 0 Å². The number of amides is 3. The fraction of sp³-hybridized carbons (Fsp3) is 0.556. The number of nitrogens with one attached hydrogen (secondary N) is 2. The Kier molecular flexibility index (Phi) is 4.85. The van der Waals surface area contributed by atoms with Gasteiger partial charge >= 0.3 is 6.03 Å². The van der Waals surface area contributed by atoms with E-state index in [0.717, 1.165) is 12.8 Å². The molecule has 1 saturated heterocycles. The second kappa shape index (κ2) is 6.92. The first-order chi connectivity index (χ1) is 11.8. The van der Waals surface area contributed by atoms with Crippen molar-refractivity contribution in [3.8, 4) is 5.75 Å². The van der Waals surface area contributed by atoms with E-state index in [4.69, 9.17) is 9.47 Å². The number of fused-ring (bicyclic) bond motifs is 1. The average Bonchev–Trinajstić information content (AvgIpc) is 3.01. The lowest BCUT2D eigenvalue weighted by molar-refractivity contribution is -0.118. The normalized spacial score (nSPS) is 19.9. The SMILES string of the molecule is CC(C)(C)OC[C@@H]1CCCN1C(=O)Nc1cccc2c1NC(=O)CO2. The number of para-hydroxylation sites is 1. The second-order valence-electron chi connectivity index (χ2n) is 7.36. The van der Waals surface area contributed by atoms with Crippen LogP contribution in [0.4, 0.5) is 16.2 Å². The number of hydrogen-bond acceptors (Lipinski definition) is 4. The first-order valence-electron chi connectivity index (χ1n) is 8.61. The van der Waals surface area contributed by atoms with Crippen LogP contribution in [-0.2, 0) is 9.53 Å². The topological polar surface area (TPSA) is 79.9 Å². The fourth-order valence-corrected chi connectivity index (χ4v) is 3.01. The summed E-state index contributed by atoms with van der Waals surface area (Å²) in [5.41, 5.74) is 0.817. The van der Waals surface area contributed by atoms with Crippen LogP contribution in [0.2, 0.25) is 0 Å². The van der Waals surface area contributed by atoms with Crippen molar-refractivity contribution >= 4 is 23.3 Å². The van der Waals surface area contributed by atoms with Gasteiger partial charge in [0.1, 0.15) is 11.4 Å². The summed E-state index contributed by atoms with van der Waals surface area (Å²) in [4.78, 5) is 26.1. The van der Waals surface area contributed by atoms with Gasteiger partial charge in [-0.15, -0.1) is 0 Å². The highest BCUT2D eigenvalue weighted by Gasteiger charge is 2.31. The molecule has 1 fully saturated rings. The van der Waals surface area contributed by atoms with Crippen molar-refractivity contribution in [3.63, 3.8) is 0 Å². The lowest BCUT2D eigenvalue weighted by Gasteiger charge is -2.29. The van der Waals surface area contributed by atoms with Gasteiger partial charge < -0.3 is 25.0 Å². The number of hydrogen-bond donors (Lipinski definition) is 2. The maximum Gasteiger partial charge on any atom is 0.322 e. The Morgan fingerprint density at radius 2 is 2.24 bits per heavy atom. The molecule has 0 saturated carbocycles. The largest absolute Gasteiger partial charge is 0.481 e. The lowest BCUT2D eigenvalue weighted by Crippen LogP contribution is -2.42. The first-order valence-corrected chi connectivity index (χ1v) is 8.61. The third-order valence-electron chi connectivity index (χ3n) is 4.24. The van der Waals surface area contributed by atoms with E-state index in [1.54, 1.807) is 23.1 Å². The van der Waals surface area contributed by atoms with Gasteiger partial charge in [-0.2, -0.15) is 0 Å². The van der Waals surface area contributed by atoms with E-state index in [0.29, 0.717) is 30.3 Å². The second-order valence-corrected chi connectivity index (χ2v) is 7.36. The number of urea groups is 1. The van der Waals surface area contributed by atoms with Crippen LogP contribution < -0.4 is 15.4 Å². The van der Waals surface area contributed by atoms with Crippen LogP contribution in [0.25, 0.3) is 0 Å². The maximum absolute atomic E-state index is 12.7. The van der Waals surface area contributed by atoms with Gasteiger partial charge in [0.05, 0.1) is 23.9 Å². The summed E-state index contributed by atoms with van der Waals surface area (Å²) in [5.74, 6) is 0.332. The summed E-state index contributed by atoms with van der Waals surface area (Å²) in [6.07, 6.45) is 1.88. The molecule has 1 aromatic rings. The van der Waals surface area contributed by atoms with Gasteiger partial charge in [0, 0.05) is 6.54 Å². The molecule has 3 amide bonds. The zero-order valence-electron chi connectivity index (χ0n) is 14.9. The monoisotopic (exact) mass is 347 g/mol. The van der Waals surface area contributed by atoms with E-state index in [1.807, 2.05) is 20.8 Å². The van der Waals surface area contributed by atoms with Gasteiger partial charge in [0.15, 0.2) is 6.61 Å². The minimum absolute atomic E-state index is 0.0112. The number of anilines is 2. The van der Waals surface area contributed by atoms with Gasteiger partial charge in [0.25, 0.3) is 5.91 Å². The molecule has 2 aliphatic rings. The van der Waals surface area contributed by atoms with Gasteiger partial charge in [-0.05, 0) is 45.7 Å². The van der Waals surface area contributed by atoms with Crippen LogP contribution in [0, 0.1) is 0 Å². The standard InChI is InChI=1S/C18H25N3O4/c1-18(2,3)25-10-12-6-5-9-21(12)17(23)19-13-7-4-8-14-16(13)20-15(22)11-24-14/h4,7-8,12H,5-6,9-11H2,1-3H3,(H,19,23)(H,20,22)/t12-/m0/s1. The zero-order valence-corrected chi connectivity index (χ0v) is 14.9. The van der Waals surface area contributed by atoms with Crippen LogP contribution in [0.3, 0.4) is 0 Å². The number of ether oxygens (including phenoxy) is 2. The molecule has 3 rings (SSSR count). The number of carbonyl (C=O) groups is 2. The van der Waals surface area contributed by atoms with Crippen molar-refractivity contribution in [2.45, 2.75) is 45.3 Å². The molecule has 2 heterocycles. The number of nitrogens with zero attached hydrogens (tertiary/aromatic N) is 1. The van der Waals surface area contributed by atoms with Crippen LogP contribution in [-0.4, -0.2) is 48.2 Å². The van der Waals surface area contributed by atoms with Crippen LogP contribution in [0.15, 0.2) is 18.2 Å². The van der Waals surface area contributed by atoms with Gasteiger partial charge in [-0.3, -0.25) is 4.79 Å². The fourth-order valence-electron chi connectivity index (χ4n) is 3.01. The number of rotatable bonds is 3. The molecule has 2 aliphatic heterocycles. The Bertz CT molecular complexity index is 669. The predicted molar refractivity (Wildman–Crippen MR) is 95.0 cm³/mol. The van der Waals surface area contributed by atoms with Gasteiger partial charge in [-0.1, -0.05) is 6.07 Å². The molecule has 7 heteroatoms. The van der Waals surface area contributed by atoms with Gasteiger partial charge in [0.2, 0.25) is 0 Å². The Balaban J connectivity index is 1.69. The highest BCUT2D eigenvalue weighted by Crippen LogP contribution is 2.35. The van der Waals surface area contributed by atoms with Gasteiger partial charge in [-0.25, -0.2) is 4.79 Å². The molecule has 1 aromatic carbocycles. The molecule has 136 valence electrons. The molecule has 2 N–H and O–H groups in total. The molecule has 0 spiro atoms. The smallest absolute Gasteiger partial charge is 0.322 e. The van der Waals surface area contributed by atoms with Crippen molar-refractivity contribution < 1.29 is 19.1 Å². The van der Waals surface area contributed by atoms with Crippen molar-refractivity contribution in [1.82, 2.24) is 4.90 Å². The van der Waals surface area contributed by atoms with Crippen LogP contribution in [0.1, 0.15) is 33.6 Å². The summed E-state index contributed by atoms with van der Waals surface area (Å²) in [5, 5.41) is 5.66. The van der Waals surface area contributed by atoms with E-state index < -0.39 is 0 Å². The lowest BCUT2D eigenvalue weighted by atomic mass is 10.2. The first kappa shape index (κ1) is 17.5. The molecule has 7 nitrogen and oxygen atoms in total. The van der Waals surface area contributed by atoms with Crippen LogP contribution in [0.5, 0.6) is 5.75 Å². The highest BCUT2D eigenvalue weighted by atomic mass is 16.5. The summed E-state index contributed by atoms with van der Waals surface area (Å²) in [7, 11) is 0. The Morgan fingerprint density at radius 3 is 3.00 bits per heavy atom. The molecular formula is C18H25N3O4. The molecule has 0 radical (unpaired) electrons. The summed E-state index contributed by atoms with van der Waals surface area (Å²) in [6.45, 7) is 7.22. The Hall–Kier alpha value is -2.28. The number of likely N-dealkylation sites (tertiary alicyclic amines) is 1. The van der Waals surface area contributed by atoms with Crippen molar-refractivity contribution in [2.75, 3.05) is 30.4 Å². The zero-order chi connectivity index (χ0) is 18.0. The van der Waals surface area contributed by atoms with E-state index in [-0.39, 0.29) is 30.2 Å². The number of benzene rings is 1. The Labute approximate surface area is 147 Å². The molecule has 25 heavy (non-hydrogen) atoms. The molecule has 0 bridgehead atoms. The molecular weight excluding hydrogens is 322 g/mol. The summed E-state index contributed by atoms with van der Waals surface area (Å²) >= 11 is 0. The summed E-state index contributed by atoms with van der Waals surface area (Å²) < 4.78 is 11.2. The maximum atomic E-state index is 12.7. The minimum atomic E-state index is -0.231. The van der Waals surface area contributed by atoms with Crippen molar-refractivity contribution in [3.05, 3.63) is 18.2 Å². The summed E-state index contributed by atoms with van der Waals surface area (Å²) in [6, 6.07) is 5.18. The minimum Gasteiger partial charge on any atom is -0.481 e.